The van der Waals surface area contributed by atoms with Crippen LogP contribution in [0.1, 0.15) is 58.1 Å². The third-order valence-corrected chi connectivity index (χ3v) is 9.09. The highest BCUT2D eigenvalue weighted by molar-refractivity contribution is 7.92. The topological polar surface area (TPSA) is 130 Å². The van der Waals surface area contributed by atoms with Crippen LogP contribution < -0.4 is 14.2 Å². The number of hydrogen-bond acceptors (Lipinski definition) is 10. The van der Waals surface area contributed by atoms with E-state index in [1.807, 2.05) is 18.7 Å². The number of carbonyl (C=O) groups excluding carboxylic acids is 1. The molecule has 2 saturated heterocycles. The number of pyridine rings is 1. The van der Waals surface area contributed by atoms with Crippen molar-refractivity contribution in [3.05, 3.63) is 24.2 Å². The van der Waals surface area contributed by atoms with Gasteiger partial charge in [-0.15, -0.1) is 0 Å². The number of aryl methyl sites for hydroxylation is 1. The van der Waals surface area contributed by atoms with E-state index >= 15 is 0 Å². The van der Waals surface area contributed by atoms with Crippen LogP contribution in [0.2, 0.25) is 0 Å². The highest BCUT2D eigenvalue weighted by Crippen LogP contribution is 2.41. The second-order valence-electron chi connectivity index (χ2n) is 10.0. The molecule has 0 N–H and O–H groups in total. The van der Waals surface area contributed by atoms with Crippen LogP contribution in [0.4, 0.5) is 4.79 Å². The van der Waals surface area contributed by atoms with Gasteiger partial charge in [-0.2, -0.15) is 9.97 Å². The Bertz CT molecular complexity index is 1270. The number of nitrogens with zero attached hydrogens (tertiary/aromatic N) is 4. The number of methoxy groups -OCH3 is 1. The standard InChI is InChI=1S/C25H32N4O7S/c1-14(2)34-25(30)29-16-5-6-17(29)12-18(11-16)35-23-22(33-4)24(27-13-26-23)36-20-9-10-21(28-15(20)3)37(31,32)19-7-8-19/h9-10,13-14,16-19H,5-8,11-12H2,1-4H3/t16-,17?,18+/m0/s1. The van der Waals surface area contributed by atoms with E-state index in [0.29, 0.717) is 37.1 Å². The zero-order valence-corrected chi connectivity index (χ0v) is 22.2. The summed E-state index contributed by atoms with van der Waals surface area (Å²) in [7, 11) is -1.93. The Hall–Kier alpha value is -3.15. The number of carbonyl (C=O) groups is 1. The van der Waals surface area contributed by atoms with Crippen molar-refractivity contribution in [2.45, 2.75) is 93.9 Å². The predicted molar refractivity (Wildman–Crippen MR) is 132 cm³/mol. The lowest BCUT2D eigenvalue weighted by Crippen LogP contribution is -2.49. The third kappa shape index (κ3) is 5.16. The number of fused-ring (bicyclic) bond motifs is 2. The van der Waals surface area contributed by atoms with Gasteiger partial charge in [0, 0.05) is 24.9 Å². The van der Waals surface area contributed by atoms with E-state index in [-0.39, 0.29) is 58.2 Å². The minimum absolute atomic E-state index is 0.0526. The maximum Gasteiger partial charge on any atom is 0.410 e. The van der Waals surface area contributed by atoms with Gasteiger partial charge < -0.3 is 23.8 Å². The fraction of sp³-hybridized carbons (Fsp3) is 0.600. The molecule has 2 bridgehead atoms. The van der Waals surface area contributed by atoms with Crippen molar-refractivity contribution in [2.75, 3.05) is 7.11 Å². The van der Waals surface area contributed by atoms with Crippen molar-refractivity contribution in [3.8, 4) is 23.3 Å². The summed E-state index contributed by atoms with van der Waals surface area (Å²) in [5.41, 5.74) is 0.419. The summed E-state index contributed by atoms with van der Waals surface area (Å²) in [4.78, 5) is 27.1. The lowest BCUT2D eigenvalue weighted by atomic mass is 10.0. The molecule has 200 valence electrons. The summed E-state index contributed by atoms with van der Waals surface area (Å²) in [5, 5.41) is -0.285. The Morgan fingerprint density at radius 1 is 1.05 bits per heavy atom. The lowest BCUT2D eigenvalue weighted by Gasteiger charge is -2.38. The van der Waals surface area contributed by atoms with Gasteiger partial charge in [-0.05, 0) is 58.6 Å². The van der Waals surface area contributed by atoms with Crippen LogP contribution >= 0.6 is 0 Å². The van der Waals surface area contributed by atoms with E-state index < -0.39 is 9.84 Å². The largest absolute Gasteiger partial charge is 0.487 e. The van der Waals surface area contributed by atoms with Crippen LogP contribution in [-0.2, 0) is 14.6 Å². The van der Waals surface area contributed by atoms with Crippen molar-refractivity contribution in [2.24, 2.45) is 0 Å². The molecule has 12 heteroatoms. The first-order chi connectivity index (χ1) is 17.7. The smallest absolute Gasteiger partial charge is 0.410 e. The number of piperidine rings is 1. The number of amides is 1. The first kappa shape index (κ1) is 25.5. The van der Waals surface area contributed by atoms with E-state index in [1.165, 1.54) is 19.5 Å². The average molecular weight is 533 g/mol. The van der Waals surface area contributed by atoms with Gasteiger partial charge >= 0.3 is 6.09 Å². The first-order valence-electron chi connectivity index (χ1n) is 12.6. The van der Waals surface area contributed by atoms with Crippen LogP contribution in [0.5, 0.6) is 23.3 Å². The number of hydrogen-bond donors (Lipinski definition) is 0. The molecule has 2 aromatic heterocycles. The minimum Gasteiger partial charge on any atom is -0.487 e. The number of rotatable bonds is 8. The summed E-state index contributed by atoms with van der Waals surface area (Å²) in [5.74, 6) is 0.961. The molecule has 1 saturated carbocycles. The van der Waals surface area contributed by atoms with Crippen molar-refractivity contribution in [3.63, 3.8) is 0 Å². The highest BCUT2D eigenvalue weighted by Gasteiger charge is 2.45. The summed E-state index contributed by atoms with van der Waals surface area (Å²) in [6, 6.07) is 3.13. The van der Waals surface area contributed by atoms with E-state index in [9.17, 15) is 13.2 Å². The Balaban J connectivity index is 1.30. The van der Waals surface area contributed by atoms with Crippen LogP contribution in [0, 0.1) is 6.92 Å². The molecule has 5 rings (SSSR count). The van der Waals surface area contributed by atoms with Crippen LogP contribution in [0.3, 0.4) is 0 Å². The van der Waals surface area contributed by atoms with Crippen LogP contribution in [0.25, 0.3) is 0 Å². The molecular weight excluding hydrogens is 500 g/mol. The van der Waals surface area contributed by atoms with Gasteiger partial charge in [0.05, 0.1) is 24.2 Å². The molecule has 0 radical (unpaired) electrons. The molecule has 1 aliphatic carbocycles. The highest BCUT2D eigenvalue weighted by atomic mass is 32.2. The van der Waals surface area contributed by atoms with Crippen molar-refractivity contribution < 1.29 is 32.2 Å². The maximum atomic E-state index is 12.6. The Kier molecular flexibility index (Phi) is 6.86. The van der Waals surface area contributed by atoms with Gasteiger partial charge in [-0.3, -0.25) is 0 Å². The lowest BCUT2D eigenvalue weighted by molar-refractivity contribution is 0.0201. The molecule has 3 fully saturated rings. The molecule has 1 unspecified atom stereocenters. The normalized spacial score (nSPS) is 23.2. The Labute approximate surface area is 216 Å². The second kappa shape index (κ2) is 9.96. The molecule has 2 aromatic rings. The van der Waals surface area contributed by atoms with Crippen molar-refractivity contribution >= 4 is 15.9 Å². The van der Waals surface area contributed by atoms with Crippen LogP contribution in [-0.4, -0.2) is 71.0 Å². The Morgan fingerprint density at radius 2 is 1.73 bits per heavy atom. The summed E-state index contributed by atoms with van der Waals surface area (Å²) < 4.78 is 48.2. The monoisotopic (exact) mass is 532 g/mol. The molecule has 4 heterocycles. The van der Waals surface area contributed by atoms with Gasteiger partial charge in [0.1, 0.15) is 12.4 Å². The van der Waals surface area contributed by atoms with E-state index in [0.717, 1.165) is 12.8 Å². The second-order valence-corrected chi connectivity index (χ2v) is 12.2. The van der Waals surface area contributed by atoms with Crippen molar-refractivity contribution in [1.82, 2.24) is 19.9 Å². The molecule has 37 heavy (non-hydrogen) atoms. The SMILES string of the molecule is COc1c(Oc2ccc(S(=O)(=O)C3CC3)nc2C)ncnc1O[C@H]1CC2CC[C@@H](C1)N2C(=O)OC(C)C. The van der Waals surface area contributed by atoms with E-state index in [1.54, 1.807) is 13.0 Å². The molecule has 0 aromatic carbocycles. The van der Waals surface area contributed by atoms with Crippen molar-refractivity contribution in [1.29, 1.82) is 0 Å². The maximum absolute atomic E-state index is 12.6. The summed E-state index contributed by atoms with van der Waals surface area (Å²) in [6.07, 6.45) is 5.21. The molecule has 0 spiro atoms. The zero-order valence-electron chi connectivity index (χ0n) is 21.4. The molecule has 11 nitrogen and oxygen atoms in total. The van der Waals surface area contributed by atoms with Gasteiger partial charge in [-0.25, -0.2) is 18.2 Å². The van der Waals surface area contributed by atoms with E-state index in [4.69, 9.17) is 18.9 Å². The Morgan fingerprint density at radius 3 is 2.32 bits per heavy atom. The molecule has 3 atom stereocenters. The van der Waals surface area contributed by atoms with E-state index in [2.05, 4.69) is 15.0 Å². The summed E-state index contributed by atoms with van der Waals surface area (Å²) >= 11 is 0. The molecule has 3 aliphatic rings. The average Bonchev–Trinajstić information content (AvgIpc) is 3.66. The molecule has 1 amide bonds. The molecule has 2 aliphatic heterocycles. The number of ether oxygens (including phenoxy) is 4. The number of sulfone groups is 1. The third-order valence-electron chi connectivity index (χ3n) is 6.93. The van der Waals surface area contributed by atoms with Gasteiger partial charge in [0.15, 0.2) is 20.6 Å². The van der Waals surface area contributed by atoms with Gasteiger partial charge in [0.2, 0.25) is 5.75 Å². The molecular formula is C25H32N4O7S. The van der Waals surface area contributed by atoms with Crippen LogP contribution in [0.15, 0.2) is 23.5 Å². The fourth-order valence-corrected chi connectivity index (χ4v) is 6.68. The first-order valence-corrected chi connectivity index (χ1v) is 14.2. The zero-order chi connectivity index (χ0) is 26.3. The summed E-state index contributed by atoms with van der Waals surface area (Å²) in [6.45, 7) is 5.37. The number of aromatic nitrogens is 3. The quantitative estimate of drug-likeness (QED) is 0.494. The van der Waals surface area contributed by atoms with Gasteiger partial charge in [0.25, 0.3) is 11.8 Å². The predicted octanol–water partition coefficient (Wildman–Crippen LogP) is 3.84. The minimum atomic E-state index is -3.40. The van der Waals surface area contributed by atoms with Gasteiger partial charge in [-0.1, -0.05) is 0 Å². The fourth-order valence-electron chi connectivity index (χ4n) is 5.06.